The molecule has 2 saturated heterocycles. The molecule has 0 spiro atoms. The van der Waals surface area contributed by atoms with Gasteiger partial charge in [-0.3, -0.25) is 4.79 Å². The van der Waals surface area contributed by atoms with Crippen molar-refractivity contribution in [1.82, 2.24) is 20.2 Å². The molecule has 2 aromatic heterocycles. The Balaban J connectivity index is 1.47. The fraction of sp³-hybridized carbons (Fsp3) is 0.464. The number of pyridine rings is 2. The molecule has 3 N–H and O–H groups in total. The molecule has 6 nitrogen and oxygen atoms in total. The summed E-state index contributed by atoms with van der Waals surface area (Å²) in [5.41, 5.74) is 9.64. The first kappa shape index (κ1) is 23.7. The maximum Gasteiger partial charge on any atom is 0.219 e. The third kappa shape index (κ3) is 4.61. The molecule has 184 valence electrons. The lowest BCUT2D eigenvalue weighted by molar-refractivity contribution is -0.130. The number of amides is 1. The number of hydrogen-bond acceptors (Lipinski definition) is 5. The Morgan fingerprint density at radius 3 is 2.69 bits per heavy atom. The Hall–Kier alpha value is -3.06. The summed E-state index contributed by atoms with van der Waals surface area (Å²) in [6.07, 6.45) is 14.7. The molecule has 2 aliphatic heterocycles. The van der Waals surface area contributed by atoms with Crippen molar-refractivity contribution in [2.45, 2.75) is 45.6 Å². The summed E-state index contributed by atoms with van der Waals surface area (Å²) in [4.78, 5) is 21.9. The Labute approximate surface area is 206 Å². The van der Waals surface area contributed by atoms with Gasteiger partial charge in [0.05, 0.1) is 0 Å². The number of allylic oxidation sites excluding steroid dienone is 3. The van der Waals surface area contributed by atoms with Crippen LogP contribution in [-0.2, 0) is 4.79 Å². The third-order valence-corrected chi connectivity index (χ3v) is 8.34. The van der Waals surface area contributed by atoms with Crippen LogP contribution in [-0.4, -0.2) is 46.5 Å². The molecular formula is C28H34FN5O. The molecule has 0 radical (unpaired) electrons. The molecule has 0 bridgehead atoms. The van der Waals surface area contributed by atoms with Crippen LogP contribution in [0.15, 0.2) is 48.8 Å². The van der Waals surface area contributed by atoms with Crippen LogP contribution in [0, 0.1) is 23.2 Å². The van der Waals surface area contributed by atoms with Crippen LogP contribution in [0.3, 0.4) is 0 Å². The van der Waals surface area contributed by atoms with Gasteiger partial charge in [-0.1, -0.05) is 25.2 Å². The summed E-state index contributed by atoms with van der Waals surface area (Å²) in [5, 5.41) is 3.74. The number of piperidine rings is 1. The molecule has 1 aliphatic carbocycles. The van der Waals surface area contributed by atoms with Crippen molar-refractivity contribution >= 4 is 17.3 Å². The second-order valence-corrected chi connectivity index (χ2v) is 10.4. The van der Waals surface area contributed by atoms with Crippen LogP contribution in [0.5, 0.6) is 0 Å². The molecule has 7 heteroatoms. The van der Waals surface area contributed by atoms with Gasteiger partial charge in [0.1, 0.15) is 5.82 Å². The van der Waals surface area contributed by atoms with E-state index in [4.69, 9.17) is 5.73 Å². The molecule has 2 fully saturated rings. The standard InChI is InChI=1S/C28H34FN5O/c1-18(35)34-12-7-22(8-13-34)28(2)9-5-19(15-24(28)25-4-3-10-31-25)21-14-23(27(30)33-17-21)20-6-11-32-26(29)16-20/h5-6,9,11,14-17,22,24-25,31H,3-4,7-8,10,12-13H2,1-2H3,(H2,30,33)/t24?,25-,28?/m0/s1. The zero-order valence-corrected chi connectivity index (χ0v) is 20.5. The highest BCUT2D eigenvalue weighted by Crippen LogP contribution is 2.49. The number of nitrogens with one attached hydrogen (secondary N) is 1. The topological polar surface area (TPSA) is 84.1 Å². The van der Waals surface area contributed by atoms with Crippen LogP contribution in [0.1, 0.15) is 45.1 Å². The number of aromatic nitrogens is 2. The number of nitrogens with two attached hydrogens (primary N) is 1. The normalized spacial score (nSPS) is 27.2. The summed E-state index contributed by atoms with van der Waals surface area (Å²) in [6, 6.07) is 5.56. The van der Waals surface area contributed by atoms with E-state index < -0.39 is 5.95 Å². The highest BCUT2D eigenvalue weighted by atomic mass is 19.1. The smallest absolute Gasteiger partial charge is 0.219 e. The zero-order valence-electron chi connectivity index (χ0n) is 20.5. The van der Waals surface area contributed by atoms with Crippen molar-refractivity contribution < 1.29 is 9.18 Å². The lowest BCUT2D eigenvalue weighted by Crippen LogP contribution is -2.48. The Morgan fingerprint density at radius 1 is 1.20 bits per heavy atom. The van der Waals surface area contributed by atoms with Gasteiger partial charge in [0.15, 0.2) is 0 Å². The Kier molecular flexibility index (Phi) is 6.45. The van der Waals surface area contributed by atoms with E-state index in [1.807, 2.05) is 11.0 Å². The van der Waals surface area contributed by atoms with E-state index in [2.05, 4.69) is 40.4 Å². The van der Waals surface area contributed by atoms with E-state index in [0.717, 1.165) is 50.0 Å². The van der Waals surface area contributed by atoms with Crippen molar-refractivity contribution in [3.8, 4) is 11.1 Å². The third-order valence-electron chi connectivity index (χ3n) is 8.34. The molecule has 5 rings (SSSR count). The van der Waals surface area contributed by atoms with Crippen LogP contribution in [0.25, 0.3) is 16.7 Å². The minimum atomic E-state index is -0.539. The maximum atomic E-state index is 13.8. The number of rotatable bonds is 4. The van der Waals surface area contributed by atoms with Crippen LogP contribution in [0.4, 0.5) is 10.2 Å². The zero-order chi connectivity index (χ0) is 24.6. The van der Waals surface area contributed by atoms with Gasteiger partial charge in [0, 0.05) is 61.6 Å². The van der Waals surface area contributed by atoms with Gasteiger partial charge in [-0.25, -0.2) is 9.97 Å². The lowest BCUT2D eigenvalue weighted by atomic mass is 9.60. The molecule has 1 amide bonds. The summed E-state index contributed by atoms with van der Waals surface area (Å²) in [7, 11) is 0. The molecule has 35 heavy (non-hydrogen) atoms. The van der Waals surface area contributed by atoms with Crippen LogP contribution in [0.2, 0.25) is 0 Å². The molecular weight excluding hydrogens is 441 g/mol. The molecule has 0 aromatic carbocycles. The van der Waals surface area contributed by atoms with Crippen molar-refractivity contribution in [2.75, 3.05) is 25.4 Å². The summed E-state index contributed by atoms with van der Waals surface area (Å²) < 4.78 is 13.8. The van der Waals surface area contributed by atoms with Crippen LogP contribution >= 0.6 is 0 Å². The average Bonchev–Trinajstić information content (AvgIpc) is 3.39. The predicted octanol–water partition coefficient (Wildman–Crippen LogP) is 4.45. The van der Waals surface area contributed by atoms with Crippen molar-refractivity contribution in [3.63, 3.8) is 0 Å². The number of likely N-dealkylation sites (tertiary alicyclic amines) is 1. The van der Waals surface area contributed by atoms with Crippen molar-refractivity contribution in [2.24, 2.45) is 17.3 Å². The summed E-state index contributed by atoms with van der Waals surface area (Å²) in [5.74, 6) is 0.848. The molecule has 3 aliphatic rings. The summed E-state index contributed by atoms with van der Waals surface area (Å²) >= 11 is 0. The predicted molar refractivity (Wildman–Crippen MR) is 137 cm³/mol. The second kappa shape index (κ2) is 9.53. The average molecular weight is 476 g/mol. The quantitative estimate of drug-likeness (QED) is 0.639. The summed E-state index contributed by atoms with van der Waals surface area (Å²) in [6.45, 7) is 6.77. The number of nitrogen functional groups attached to an aromatic ring is 1. The van der Waals surface area contributed by atoms with E-state index in [1.54, 1.807) is 19.2 Å². The van der Waals surface area contributed by atoms with E-state index in [0.29, 0.717) is 34.8 Å². The fourth-order valence-corrected chi connectivity index (χ4v) is 6.23. The number of halogens is 1. The Bertz CT molecular complexity index is 1160. The molecule has 0 saturated carbocycles. The number of carbonyl (C=O) groups excluding carboxylic acids is 1. The second-order valence-electron chi connectivity index (χ2n) is 10.4. The van der Waals surface area contributed by atoms with Crippen molar-refractivity contribution in [1.29, 1.82) is 0 Å². The largest absolute Gasteiger partial charge is 0.383 e. The van der Waals surface area contributed by atoms with Gasteiger partial charge >= 0.3 is 0 Å². The highest BCUT2D eigenvalue weighted by Gasteiger charge is 2.45. The number of anilines is 1. The first-order chi connectivity index (χ1) is 16.8. The van der Waals surface area contributed by atoms with Gasteiger partial charge in [-0.2, -0.15) is 4.39 Å². The first-order valence-corrected chi connectivity index (χ1v) is 12.6. The number of hydrogen-bond donors (Lipinski definition) is 2. The number of nitrogens with zero attached hydrogens (tertiary/aromatic N) is 3. The minimum Gasteiger partial charge on any atom is -0.383 e. The van der Waals surface area contributed by atoms with Gasteiger partial charge in [-0.15, -0.1) is 0 Å². The molecule has 3 atom stereocenters. The Morgan fingerprint density at radius 2 is 2.00 bits per heavy atom. The van der Waals surface area contributed by atoms with E-state index in [1.165, 1.54) is 18.7 Å². The van der Waals surface area contributed by atoms with Crippen LogP contribution < -0.4 is 11.1 Å². The van der Waals surface area contributed by atoms with Gasteiger partial charge in [-0.05, 0) is 66.8 Å². The van der Waals surface area contributed by atoms with Gasteiger partial charge in [0.25, 0.3) is 0 Å². The molecule has 2 unspecified atom stereocenters. The monoisotopic (exact) mass is 475 g/mol. The van der Waals surface area contributed by atoms with Crippen molar-refractivity contribution in [3.05, 3.63) is 60.3 Å². The first-order valence-electron chi connectivity index (χ1n) is 12.6. The van der Waals surface area contributed by atoms with E-state index in [9.17, 15) is 9.18 Å². The SMILES string of the molecule is CC(=O)N1CCC(C2(C)C=CC(c3cnc(N)c(-c4ccnc(F)c4)c3)=CC2[C@@H]2CCCN2)CC1. The molecule has 4 heterocycles. The molecule has 2 aromatic rings. The maximum absolute atomic E-state index is 13.8. The highest BCUT2D eigenvalue weighted by molar-refractivity contribution is 5.82. The number of carbonyl (C=O) groups is 1. The lowest BCUT2D eigenvalue weighted by Gasteiger charge is -2.48. The fourth-order valence-electron chi connectivity index (χ4n) is 6.23. The van der Waals surface area contributed by atoms with Gasteiger partial charge < -0.3 is 16.0 Å². The van der Waals surface area contributed by atoms with Gasteiger partial charge in [0.2, 0.25) is 11.9 Å². The minimum absolute atomic E-state index is 0.00663. The van der Waals surface area contributed by atoms with E-state index >= 15 is 0 Å². The van der Waals surface area contributed by atoms with E-state index in [-0.39, 0.29) is 11.3 Å².